The summed E-state index contributed by atoms with van der Waals surface area (Å²) in [6.45, 7) is 11.2. The predicted octanol–water partition coefficient (Wildman–Crippen LogP) is 4.61. The Labute approximate surface area is 290 Å². The minimum atomic E-state index is -1.99. The molecule has 272 valence electrons. The molecule has 1 amide bonds. The van der Waals surface area contributed by atoms with Crippen molar-refractivity contribution < 1.29 is 58.9 Å². The zero-order valence-corrected chi connectivity index (χ0v) is 29.7. The summed E-state index contributed by atoms with van der Waals surface area (Å²) in [5, 5.41) is 58.2. The van der Waals surface area contributed by atoms with Crippen LogP contribution in [0.1, 0.15) is 57.5 Å². The van der Waals surface area contributed by atoms with E-state index in [0.29, 0.717) is 0 Å². The Balaban J connectivity index is 1.88. The first-order chi connectivity index (χ1) is 23.4. The number of aliphatic hydroxyl groups excluding tert-OH is 2. The summed E-state index contributed by atoms with van der Waals surface area (Å²) < 4.78 is 22.6. The summed E-state index contributed by atoms with van der Waals surface area (Å²) in [5.41, 5.74) is -0.105. The van der Waals surface area contributed by atoms with Gasteiger partial charge in [0.15, 0.2) is 5.75 Å². The summed E-state index contributed by atoms with van der Waals surface area (Å²) in [6, 6.07) is 1.06. The molecule has 0 aliphatic carbocycles. The van der Waals surface area contributed by atoms with Gasteiger partial charge in [-0.3, -0.25) is 14.4 Å². The SMILES string of the molecule is COC(=O)[C@H]1[C@@H](C)[C@@H](OC)C=CO[C@@]2(C)Oc3c(C)c(O)c4c(O)c(cc(O)c4c3C2=O)NC(=O)C(C)=CC=C[C@@H](C)[C@@H](O)[C@@H](C)[C@H](O)[C@@H]1C. The highest BCUT2D eigenvalue weighted by Crippen LogP contribution is 2.53. The second-order valence-electron chi connectivity index (χ2n) is 13.4. The number of carbonyl (C=O) groups excluding carboxylic acids is 3. The molecule has 0 unspecified atom stereocenters. The van der Waals surface area contributed by atoms with Gasteiger partial charge in [-0.2, -0.15) is 0 Å². The molecule has 2 aromatic carbocycles. The third-order valence-corrected chi connectivity index (χ3v) is 10.1. The molecule has 0 aromatic heterocycles. The maximum absolute atomic E-state index is 13.9. The van der Waals surface area contributed by atoms with Gasteiger partial charge in [-0.15, -0.1) is 0 Å². The molecule has 3 heterocycles. The number of ketones is 1. The highest BCUT2D eigenvalue weighted by Gasteiger charge is 2.49. The number of esters is 1. The Kier molecular flexibility index (Phi) is 11.2. The van der Waals surface area contributed by atoms with Crippen LogP contribution < -0.4 is 10.1 Å². The van der Waals surface area contributed by atoms with Crippen molar-refractivity contribution in [3.05, 3.63) is 53.3 Å². The molecular formula is C37H47NO12. The van der Waals surface area contributed by atoms with E-state index in [1.165, 1.54) is 53.4 Å². The third kappa shape index (κ3) is 6.77. The number of anilines is 1. The van der Waals surface area contributed by atoms with E-state index in [1.54, 1.807) is 39.8 Å². The van der Waals surface area contributed by atoms with Crippen LogP contribution in [0, 0.1) is 36.5 Å². The second kappa shape index (κ2) is 14.7. The van der Waals surface area contributed by atoms with Crippen molar-refractivity contribution in [1.29, 1.82) is 0 Å². The first kappa shape index (κ1) is 38.2. The normalized spacial score (nSPS) is 30.9. The van der Waals surface area contributed by atoms with Crippen molar-refractivity contribution in [2.75, 3.05) is 19.5 Å². The average Bonchev–Trinajstić information content (AvgIpc) is 3.34. The number of Topliss-reactive ketones (excluding diaryl/α,β-unsaturated/α-hetero) is 1. The lowest BCUT2D eigenvalue weighted by atomic mass is 9.73. The van der Waals surface area contributed by atoms with E-state index in [4.69, 9.17) is 18.9 Å². The van der Waals surface area contributed by atoms with Crippen LogP contribution in [-0.4, -0.2) is 81.5 Å². The molecule has 13 heteroatoms. The van der Waals surface area contributed by atoms with Gasteiger partial charge in [0.25, 0.3) is 11.7 Å². The molecule has 3 aliphatic rings. The monoisotopic (exact) mass is 697 g/mol. The number of phenolic OH excluding ortho intramolecular Hbond substituents is 3. The van der Waals surface area contributed by atoms with Gasteiger partial charge in [0.05, 0.1) is 54.2 Å². The number of phenols is 3. The third-order valence-electron chi connectivity index (χ3n) is 10.1. The Morgan fingerprint density at radius 3 is 2.20 bits per heavy atom. The molecule has 0 radical (unpaired) electrons. The van der Waals surface area contributed by atoms with Crippen LogP contribution in [0.2, 0.25) is 0 Å². The number of hydrogen-bond acceptors (Lipinski definition) is 12. The van der Waals surface area contributed by atoms with E-state index in [-0.39, 0.29) is 38.9 Å². The number of rotatable bonds is 2. The lowest BCUT2D eigenvalue weighted by Crippen LogP contribution is -2.45. The van der Waals surface area contributed by atoms with Crippen LogP contribution in [0.15, 0.2) is 42.2 Å². The number of nitrogens with one attached hydrogen (secondary N) is 1. The molecule has 50 heavy (non-hydrogen) atoms. The van der Waals surface area contributed by atoms with Crippen LogP contribution in [-0.2, 0) is 23.8 Å². The zero-order chi connectivity index (χ0) is 37.4. The number of hydrogen-bond donors (Lipinski definition) is 6. The van der Waals surface area contributed by atoms with E-state index < -0.39 is 88.6 Å². The summed E-state index contributed by atoms with van der Waals surface area (Å²) in [7, 11) is 2.66. The van der Waals surface area contributed by atoms with Gasteiger partial charge in [0.1, 0.15) is 17.2 Å². The van der Waals surface area contributed by atoms with E-state index in [2.05, 4.69) is 5.32 Å². The molecular weight excluding hydrogens is 650 g/mol. The highest BCUT2D eigenvalue weighted by atomic mass is 16.7. The van der Waals surface area contributed by atoms with Crippen molar-refractivity contribution in [3.8, 4) is 23.0 Å². The number of allylic oxidation sites excluding steroid dienone is 2. The lowest BCUT2D eigenvalue weighted by molar-refractivity contribution is -0.155. The van der Waals surface area contributed by atoms with Gasteiger partial charge in [0, 0.05) is 48.5 Å². The molecule has 5 rings (SSSR count). The van der Waals surface area contributed by atoms with E-state index in [9.17, 15) is 39.9 Å². The number of benzene rings is 2. The molecule has 9 atom stereocenters. The molecule has 2 aromatic rings. The predicted molar refractivity (Wildman–Crippen MR) is 184 cm³/mol. The molecule has 0 fully saturated rings. The Morgan fingerprint density at radius 1 is 0.920 bits per heavy atom. The maximum atomic E-state index is 13.9. The number of carbonyl (C=O) groups is 3. The van der Waals surface area contributed by atoms with Crippen molar-refractivity contribution in [2.24, 2.45) is 29.6 Å². The molecule has 0 saturated carbocycles. The zero-order valence-electron chi connectivity index (χ0n) is 29.7. The van der Waals surface area contributed by atoms with Gasteiger partial charge in [0.2, 0.25) is 0 Å². The highest BCUT2D eigenvalue weighted by molar-refractivity contribution is 6.21. The number of methoxy groups -OCH3 is 2. The van der Waals surface area contributed by atoms with E-state index in [0.717, 1.165) is 6.07 Å². The maximum Gasteiger partial charge on any atom is 0.312 e. The summed E-state index contributed by atoms with van der Waals surface area (Å²) >= 11 is 0. The fourth-order valence-corrected chi connectivity index (χ4v) is 6.84. The second-order valence-corrected chi connectivity index (χ2v) is 13.4. The minimum Gasteiger partial charge on any atom is -0.507 e. The van der Waals surface area contributed by atoms with Crippen molar-refractivity contribution in [2.45, 2.75) is 72.6 Å². The number of ether oxygens (including phenoxy) is 4. The molecule has 5 bridgehead atoms. The minimum absolute atomic E-state index is 0.0736. The smallest absolute Gasteiger partial charge is 0.312 e. The molecule has 13 nitrogen and oxygen atoms in total. The van der Waals surface area contributed by atoms with Crippen LogP contribution in [0.4, 0.5) is 5.69 Å². The van der Waals surface area contributed by atoms with Gasteiger partial charge in [-0.05, 0) is 31.8 Å². The quantitative estimate of drug-likeness (QED) is 0.145. The molecule has 0 saturated heterocycles. The van der Waals surface area contributed by atoms with Gasteiger partial charge < -0.3 is 49.8 Å². The number of fused-ring (bicyclic) bond motifs is 14. The summed E-state index contributed by atoms with van der Waals surface area (Å²) in [4.78, 5) is 40.2. The number of aliphatic hydroxyl groups is 2. The first-order valence-electron chi connectivity index (χ1n) is 16.4. The number of aromatic hydroxyl groups is 3. The molecule has 0 spiro atoms. The van der Waals surface area contributed by atoms with E-state index in [1.807, 2.05) is 0 Å². The van der Waals surface area contributed by atoms with Crippen molar-refractivity contribution in [1.82, 2.24) is 0 Å². The summed E-state index contributed by atoms with van der Waals surface area (Å²) in [5.74, 6) is -9.04. The van der Waals surface area contributed by atoms with Crippen LogP contribution in [0.25, 0.3) is 10.8 Å². The standard InChI is InChI=1S/C37H47NO12/c1-16-11-10-12-17(2)35(45)38-22-15-23(39)26-27(32(22)43)31(42)21(6)33-28(26)34(44)37(7,50-33)49-14-13-24(47-8)18(3)25(36(46)48-9)19(4)30(41)20(5)29(16)40/h10-16,18-20,24-25,29-30,39-43H,1-9H3,(H,38,45)/t16-,18+,19-,20-,24+,25+,29-,30-,37+/m1/s1. The first-order valence-corrected chi connectivity index (χ1v) is 16.4. The van der Waals surface area contributed by atoms with Crippen molar-refractivity contribution >= 4 is 34.1 Å². The fourth-order valence-electron chi connectivity index (χ4n) is 6.84. The van der Waals surface area contributed by atoms with E-state index >= 15 is 0 Å². The topological polar surface area (TPSA) is 201 Å². The Hall–Kier alpha value is -4.59. The summed E-state index contributed by atoms with van der Waals surface area (Å²) in [6.07, 6.45) is 4.39. The van der Waals surface area contributed by atoms with Gasteiger partial charge in [-0.1, -0.05) is 45.9 Å². The van der Waals surface area contributed by atoms with Gasteiger partial charge in [-0.25, -0.2) is 0 Å². The number of amides is 1. The fraction of sp³-hybridized carbons (Fsp3) is 0.486. The van der Waals surface area contributed by atoms with Crippen molar-refractivity contribution in [3.63, 3.8) is 0 Å². The molecule has 6 N–H and O–H groups in total. The van der Waals surface area contributed by atoms with Crippen LogP contribution in [0.3, 0.4) is 0 Å². The molecule has 3 aliphatic heterocycles. The van der Waals surface area contributed by atoms with Crippen LogP contribution >= 0.6 is 0 Å². The lowest BCUT2D eigenvalue weighted by Gasteiger charge is -2.37. The average molecular weight is 698 g/mol. The largest absolute Gasteiger partial charge is 0.507 e. The van der Waals surface area contributed by atoms with Gasteiger partial charge >= 0.3 is 11.8 Å². The Morgan fingerprint density at radius 2 is 1.58 bits per heavy atom. The van der Waals surface area contributed by atoms with Crippen LogP contribution in [0.5, 0.6) is 23.0 Å². The Bertz CT molecular complexity index is 1760.